The van der Waals surface area contributed by atoms with Crippen LogP contribution in [0.3, 0.4) is 0 Å². The maximum atomic E-state index is 5.54. The lowest BCUT2D eigenvalue weighted by atomic mass is 9.90. The zero-order chi connectivity index (χ0) is 10.3. The Hall–Kier alpha value is -1.02. The Balaban J connectivity index is 2.10. The third kappa shape index (κ3) is 1.36. The molecule has 1 unspecified atom stereocenters. The van der Waals surface area contributed by atoms with Gasteiger partial charge in [0.25, 0.3) is 0 Å². The van der Waals surface area contributed by atoms with E-state index in [-0.39, 0.29) is 0 Å². The summed E-state index contributed by atoms with van der Waals surface area (Å²) < 4.78 is 5.54. The highest BCUT2D eigenvalue weighted by atomic mass is 16.5. The van der Waals surface area contributed by atoms with Crippen molar-refractivity contribution in [3.05, 3.63) is 28.6 Å². The smallest absolute Gasteiger partial charge is 0.0971 e. The lowest BCUT2D eigenvalue weighted by Gasteiger charge is -2.21. The molecule has 15 heavy (non-hydrogen) atoms. The molecule has 1 aromatic rings. The van der Waals surface area contributed by atoms with E-state index in [0.717, 1.165) is 6.42 Å². The molecule has 0 radical (unpaired) electrons. The van der Waals surface area contributed by atoms with E-state index in [1.165, 1.54) is 37.1 Å². The number of fused-ring (bicyclic) bond motifs is 3. The summed E-state index contributed by atoms with van der Waals surface area (Å²) in [5.74, 6) is 0. The number of nitrogens with one attached hydrogen (secondary N) is 1. The third-order valence-corrected chi connectivity index (χ3v) is 3.63. The Bertz CT molecular complexity index is 403. The van der Waals surface area contributed by atoms with Crippen LogP contribution >= 0.6 is 0 Å². The molecule has 80 valence electrons. The van der Waals surface area contributed by atoms with Gasteiger partial charge in [-0.05, 0) is 49.3 Å². The predicted octanol–water partition coefficient (Wildman–Crippen LogP) is 3.00. The van der Waals surface area contributed by atoms with Gasteiger partial charge in [0.15, 0.2) is 0 Å². The topological polar surface area (TPSA) is 25.0 Å². The van der Waals surface area contributed by atoms with E-state index in [4.69, 9.17) is 4.74 Å². The largest absolute Gasteiger partial charge is 0.375 e. The second-order valence-electron chi connectivity index (χ2n) is 4.47. The first-order valence-electron chi connectivity index (χ1n) is 5.83. The summed E-state index contributed by atoms with van der Waals surface area (Å²) in [6.07, 6.45) is 10.8. The van der Waals surface area contributed by atoms with Crippen LogP contribution in [-0.2, 0) is 17.6 Å². The molecule has 3 rings (SSSR count). The van der Waals surface area contributed by atoms with Crippen molar-refractivity contribution in [2.45, 2.75) is 38.2 Å². The molecule has 2 nitrogen and oxygen atoms in total. The molecule has 0 aliphatic heterocycles. The van der Waals surface area contributed by atoms with Crippen LogP contribution in [0, 0.1) is 0 Å². The molecule has 1 heterocycles. The molecule has 2 aliphatic carbocycles. The molecule has 0 aromatic carbocycles. The summed E-state index contributed by atoms with van der Waals surface area (Å²) in [5, 5.41) is 0. The Kier molecular flexibility index (Phi) is 2.17. The minimum atomic E-state index is 0.299. The Labute approximate surface area is 90.3 Å². The summed E-state index contributed by atoms with van der Waals surface area (Å²) in [5.41, 5.74) is 5.78. The molecule has 1 aromatic heterocycles. The molecule has 2 aliphatic rings. The van der Waals surface area contributed by atoms with Crippen LogP contribution in [0.5, 0.6) is 0 Å². The lowest BCUT2D eigenvalue weighted by molar-refractivity contribution is 0.0849. The standard InChI is InChI=1S/C13H17NO/c1-15-12-8-4-6-10-9-5-2-3-7-11(9)14-13(10)12/h3,7,12,14H,2,4-6,8H2,1H3. The number of rotatable bonds is 1. The first-order chi connectivity index (χ1) is 7.40. The van der Waals surface area contributed by atoms with E-state index in [2.05, 4.69) is 17.1 Å². The fraction of sp³-hybridized carbons (Fsp3) is 0.538. The van der Waals surface area contributed by atoms with Crippen LogP contribution in [0.1, 0.15) is 47.9 Å². The number of allylic oxidation sites excluding steroid dienone is 1. The molecule has 0 fully saturated rings. The van der Waals surface area contributed by atoms with Gasteiger partial charge in [-0.2, -0.15) is 0 Å². The van der Waals surface area contributed by atoms with E-state index in [0.29, 0.717) is 6.10 Å². The highest BCUT2D eigenvalue weighted by Crippen LogP contribution is 2.37. The molecule has 2 heteroatoms. The molecular formula is C13H17NO. The summed E-state index contributed by atoms with van der Waals surface area (Å²) in [4.78, 5) is 3.54. The van der Waals surface area contributed by atoms with Crippen molar-refractivity contribution in [1.82, 2.24) is 4.98 Å². The van der Waals surface area contributed by atoms with Gasteiger partial charge in [-0.25, -0.2) is 0 Å². The molecule has 1 atom stereocenters. The monoisotopic (exact) mass is 203 g/mol. The number of hydrogen-bond acceptors (Lipinski definition) is 1. The van der Waals surface area contributed by atoms with Gasteiger partial charge in [0, 0.05) is 18.5 Å². The van der Waals surface area contributed by atoms with Crippen molar-refractivity contribution < 1.29 is 4.74 Å². The average molecular weight is 203 g/mol. The Morgan fingerprint density at radius 2 is 2.27 bits per heavy atom. The van der Waals surface area contributed by atoms with E-state index < -0.39 is 0 Å². The summed E-state index contributed by atoms with van der Waals surface area (Å²) in [6, 6.07) is 0. The quantitative estimate of drug-likeness (QED) is 0.745. The van der Waals surface area contributed by atoms with E-state index in [9.17, 15) is 0 Å². The van der Waals surface area contributed by atoms with Gasteiger partial charge in [0.05, 0.1) is 6.10 Å². The maximum Gasteiger partial charge on any atom is 0.0971 e. The number of aromatic amines is 1. The number of aromatic nitrogens is 1. The Morgan fingerprint density at radius 1 is 1.33 bits per heavy atom. The van der Waals surface area contributed by atoms with Gasteiger partial charge in [-0.15, -0.1) is 0 Å². The molecule has 1 N–H and O–H groups in total. The number of methoxy groups -OCH3 is 1. The third-order valence-electron chi connectivity index (χ3n) is 3.63. The summed E-state index contributed by atoms with van der Waals surface area (Å²) in [6.45, 7) is 0. The zero-order valence-electron chi connectivity index (χ0n) is 9.18. The van der Waals surface area contributed by atoms with Crippen molar-refractivity contribution in [2.24, 2.45) is 0 Å². The first kappa shape index (κ1) is 9.22. The molecule has 0 bridgehead atoms. The van der Waals surface area contributed by atoms with Crippen molar-refractivity contribution in [2.75, 3.05) is 7.11 Å². The average Bonchev–Trinajstić information content (AvgIpc) is 2.67. The minimum Gasteiger partial charge on any atom is -0.375 e. The normalized spacial score (nSPS) is 23.7. The van der Waals surface area contributed by atoms with Crippen LogP contribution in [-0.4, -0.2) is 12.1 Å². The van der Waals surface area contributed by atoms with E-state index in [1.807, 2.05) is 7.11 Å². The minimum absolute atomic E-state index is 0.299. The van der Waals surface area contributed by atoms with Gasteiger partial charge in [0.1, 0.15) is 0 Å². The SMILES string of the molecule is COC1CCCc2c1[nH]c1c2CCC=C1. The Morgan fingerprint density at radius 3 is 3.13 bits per heavy atom. The van der Waals surface area contributed by atoms with Crippen LogP contribution in [0.2, 0.25) is 0 Å². The number of ether oxygens (including phenoxy) is 1. The second kappa shape index (κ2) is 3.53. The van der Waals surface area contributed by atoms with Crippen molar-refractivity contribution in [3.8, 4) is 0 Å². The second-order valence-corrected chi connectivity index (χ2v) is 4.47. The molecular weight excluding hydrogens is 186 g/mol. The zero-order valence-corrected chi connectivity index (χ0v) is 9.18. The van der Waals surface area contributed by atoms with Crippen LogP contribution in [0.15, 0.2) is 6.08 Å². The van der Waals surface area contributed by atoms with Gasteiger partial charge < -0.3 is 9.72 Å². The van der Waals surface area contributed by atoms with Gasteiger partial charge in [-0.1, -0.05) is 6.08 Å². The van der Waals surface area contributed by atoms with Gasteiger partial charge in [-0.3, -0.25) is 0 Å². The number of hydrogen-bond donors (Lipinski definition) is 1. The highest BCUT2D eigenvalue weighted by Gasteiger charge is 2.26. The van der Waals surface area contributed by atoms with Gasteiger partial charge in [0.2, 0.25) is 0 Å². The summed E-state index contributed by atoms with van der Waals surface area (Å²) >= 11 is 0. The molecule has 0 saturated heterocycles. The van der Waals surface area contributed by atoms with Crippen molar-refractivity contribution in [1.29, 1.82) is 0 Å². The van der Waals surface area contributed by atoms with Crippen LogP contribution < -0.4 is 0 Å². The maximum absolute atomic E-state index is 5.54. The molecule has 0 amide bonds. The fourth-order valence-electron chi connectivity index (χ4n) is 2.88. The van der Waals surface area contributed by atoms with Crippen LogP contribution in [0.25, 0.3) is 6.08 Å². The van der Waals surface area contributed by atoms with E-state index >= 15 is 0 Å². The predicted molar refractivity (Wildman–Crippen MR) is 60.8 cm³/mol. The fourth-order valence-corrected chi connectivity index (χ4v) is 2.88. The van der Waals surface area contributed by atoms with Crippen LogP contribution in [0.4, 0.5) is 0 Å². The van der Waals surface area contributed by atoms with E-state index in [1.54, 1.807) is 11.1 Å². The number of H-pyrrole nitrogens is 1. The van der Waals surface area contributed by atoms with Gasteiger partial charge >= 0.3 is 0 Å². The molecule has 0 saturated carbocycles. The first-order valence-corrected chi connectivity index (χ1v) is 5.83. The lowest BCUT2D eigenvalue weighted by Crippen LogP contribution is -2.11. The molecule has 0 spiro atoms. The summed E-state index contributed by atoms with van der Waals surface area (Å²) in [7, 11) is 1.81. The van der Waals surface area contributed by atoms with Crippen molar-refractivity contribution in [3.63, 3.8) is 0 Å². The van der Waals surface area contributed by atoms with Crippen molar-refractivity contribution >= 4 is 6.08 Å². The highest BCUT2D eigenvalue weighted by molar-refractivity contribution is 5.57.